The largest absolute Gasteiger partial charge is 0.417 e. The van der Waals surface area contributed by atoms with E-state index in [9.17, 15) is 10.1 Å². The third-order valence-corrected chi connectivity index (χ3v) is 2.60. The van der Waals surface area contributed by atoms with Gasteiger partial charge in [0.1, 0.15) is 11.5 Å². The maximum Gasteiger partial charge on any atom is 0.363 e. The van der Waals surface area contributed by atoms with Gasteiger partial charge in [0, 0.05) is 24.4 Å². The quantitative estimate of drug-likeness (QED) is 0.491. The van der Waals surface area contributed by atoms with Gasteiger partial charge < -0.3 is 9.47 Å². The van der Waals surface area contributed by atoms with Crippen molar-refractivity contribution in [1.29, 1.82) is 5.26 Å². The highest BCUT2D eigenvalue weighted by Crippen LogP contribution is 2.19. The Morgan fingerprint density at radius 3 is 1.95 bits per heavy atom. The number of benzene rings is 2. The molecule has 0 spiro atoms. The first kappa shape index (κ1) is 14.4. The van der Waals surface area contributed by atoms with Crippen LogP contribution in [-0.4, -0.2) is 10.2 Å². The molecule has 0 saturated heterocycles. The van der Waals surface area contributed by atoms with E-state index in [-0.39, 0.29) is 10.9 Å². The van der Waals surface area contributed by atoms with E-state index in [2.05, 4.69) is 0 Å². The fourth-order valence-corrected chi connectivity index (χ4v) is 1.64. The number of rotatable bonds is 3. The third-order valence-electron chi connectivity index (χ3n) is 2.43. The highest BCUT2D eigenvalue weighted by Gasteiger charge is 2.07. The molecule has 0 N–H and O–H groups in total. The van der Waals surface area contributed by atoms with Crippen molar-refractivity contribution in [3.63, 3.8) is 0 Å². The van der Waals surface area contributed by atoms with Crippen LogP contribution in [0.4, 0.5) is 5.69 Å². The van der Waals surface area contributed by atoms with Crippen LogP contribution in [0, 0.1) is 21.4 Å². The lowest BCUT2D eigenvalue weighted by molar-refractivity contribution is -0.384. The van der Waals surface area contributed by atoms with E-state index in [0.717, 1.165) is 0 Å². The number of thiocarbonyl (C=S) groups is 1. The zero-order valence-corrected chi connectivity index (χ0v) is 11.4. The molecule has 0 aliphatic rings. The second-order valence-electron chi connectivity index (χ2n) is 3.84. The Morgan fingerprint density at radius 2 is 1.52 bits per heavy atom. The molecule has 0 bridgehead atoms. The van der Waals surface area contributed by atoms with E-state index in [0.29, 0.717) is 17.1 Å². The molecule has 0 atom stereocenters. The Hall–Kier alpha value is -2.98. The van der Waals surface area contributed by atoms with Crippen LogP contribution in [0.3, 0.4) is 0 Å². The lowest BCUT2D eigenvalue weighted by Gasteiger charge is -2.08. The summed E-state index contributed by atoms with van der Waals surface area (Å²) in [5.74, 6) is 0.764. The van der Waals surface area contributed by atoms with E-state index >= 15 is 0 Å². The summed E-state index contributed by atoms with van der Waals surface area (Å²) in [7, 11) is 0. The fourth-order valence-electron chi connectivity index (χ4n) is 1.45. The molecule has 0 saturated carbocycles. The number of nitro benzene ring substituents is 1. The summed E-state index contributed by atoms with van der Waals surface area (Å²) in [4.78, 5) is 10.0. The average Bonchev–Trinajstić information content (AvgIpc) is 2.48. The first-order valence-corrected chi connectivity index (χ1v) is 6.13. The second-order valence-corrected chi connectivity index (χ2v) is 4.17. The predicted octanol–water partition coefficient (Wildman–Crippen LogP) is 3.21. The zero-order valence-electron chi connectivity index (χ0n) is 10.6. The van der Waals surface area contributed by atoms with Gasteiger partial charge in [-0.1, -0.05) is 0 Å². The van der Waals surface area contributed by atoms with Gasteiger partial charge >= 0.3 is 5.24 Å². The Labute approximate surface area is 125 Å². The molecular weight excluding hydrogens is 292 g/mol. The van der Waals surface area contributed by atoms with Gasteiger partial charge in [0.15, 0.2) is 0 Å². The number of nitro groups is 1. The Balaban J connectivity index is 1.97. The smallest absolute Gasteiger partial charge is 0.363 e. The SMILES string of the molecule is N#Cc1ccc(OC(=S)Oc2ccc([N+](=O)[O-])cc2)cc1. The van der Waals surface area contributed by atoms with Crippen molar-refractivity contribution in [2.24, 2.45) is 0 Å². The summed E-state index contributed by atoms with van der Waals surface area (Å²) >= 11 is 4.92. The minimum atomic E-state index is -0.505. The molecule has 0 aromatic heterocycles. The summed E-state index contributed by atoms with van der Waals surface area (Å²) in [5, 5.41) is 19.1. The van der Waals surface area contributed by atoms with Crippen LogP contribution in [0.1, 0.15) is 5.56 Å². The van der Waals surface area contributed by atoms with Gasteiger partial charge in [-0.15, -0.1) is 0 Å². The summed E-state index contributed by atoms with van der Waals surface area (Å²) in [6.07, 6.45) is 0. The molecule has 2 aromatic rings. The van der Waals surface area contributed by atoms with Gasteiger partial charge in [-0.3, -0.25) is 10.1 Å². The summed E-state index contributed by atoms with van der Waals surface area (Å²) < 4.78 is 10.5. The van der Waals surface area contributed by atoms with E-state index in [1.807, 2.05) is 6.07 Å². The molecule has 0 unspecified atom stereocenters. The summed E-state index contributed by atoms with van der Waals surface area (Å²) in [6, 6.07) is 13.8. The van der Waals surface area contributed by atoms with Crippen LogP contribution in [0.15, 0.2) is 48.5 Å². The van der Waals surface area contributed by atoms with Crippen molar-refractivity contribution in [1.82, 2.24) is 0 Å². The van der Waals surface area contributed by atoms with E-state index < -0.39 is 4.92 Å². The molecule has 0 fully saturated rings. The molecule has 6 nitrogen and oxygen atoms in total. The molecule has 2 aromatic carbocycles. The van der Waals surface area contributed by atoms with Gasteiger partial charge in [0.25, 0.3) is 5.69 Å². The van der Waals surface area contributed by atoms with E-state index in [1.165, 1.54) is 24.3 Å². The van der Waals surface area contributed by atoms with Gasteiger partial charge in [-0.2, -0.15) is 5.26 Å². The minimum Gasteiger partial charge on any atom is -0.417 e. The zero-order chi connectivity index (χ0) is 15.2. The Morgan fingerprint density at radius 1 is 1.05 bits per heavy atom. The van der Waals surface area contributed by atoms with Crippen LogP contribution < -0.4 is 9.47 Å². The molecular formula is C14H8N2O4S. The molecule has 0 amide bonds. The molecule has 0 aliphatic heterocycles. The highest BCUT2D eigenvalue weighted by molar-refractivity contribution is 7.79. The predicted molar refractivity (Wildman–Crippen MR) is 78.1 cm³/mol. The van der Waals surface area contributed by atoms with Gasteiger partial charge in [0.2, 0.25) is 0 Å². The van der Waals surface area contributed by atoms with Crippen molar-refractivity contribution in [2.45, 2.75) is 0 Å². The number of hydrogen-bond donors (Lipinski definition) is 0. The van der Waals surface area contributed by atoms with Gasteiger partial charge in [-0.25, -0.2) is 0 Å². The van der Waals surface area contributed by atoms with E-state index in [4.69, 9.17) is 27.0 Å². The lowest BCUT2D eigenvalue weighted by atomic mass is 10.2. The maximum absolute atomic E-state index is 10.5. The summed E-state index contributed by atoms with van der Waals surface area (Å²) in [6.45, 7) is 0. The van der Waals surface area contributed by atoms with Crippen molar-refractivity contribution < 1.29 is 14.4 Å². The standard InChI is InChI=1S/C14H8N2O4S/c15-9-10-1-5-12(6-2-10)19-14(21)20-13-7-3-11(4-8-13)16(17)18/h1-8H. The molecule has 7 heteroatoms. The highest BCUT2D eigenvalue weighted by atomic mass is 32.1. The van der Waals surface area contributed by atoms with Crippen molar-refractivity contribution in [3.05, 3.63) is 64.2 Å². The molecule has 0 radical (unpaired) electrons. The Bertz CT molecular complexity index is 705. The number of nitriles is 1. The monoisotopic (exact) mass is 300 g/mol. The first-order chi connectivity index (χ1) is 10.1. The summed E-state index contributed by atoms with van der Waals surface area (Å²) in [5.41, 5.74) is 0.464. The second kappa shape index (κ2) is 6.45. The fraction of sp³-hybridized carbons (Fsp3) is 0. The number of non-ortho nitro benzene ring substituents is 1. The van der Waals surface area contributed by atoms with Crippen molar-refractivity contribution in [2.75, 3.05) is 0 Å². The molecule has 0 aliphatic carbocycles. The maximum atomic E-state index is 10.5. The lowest BCUT2D eigenvalue weighted by Crippen LogP contribution is -2.13. The third kappa shape index (κ3) is 3.99. The minimum absolute atomic E-state index is 0.0405. The number of hydrogen-bond acceptors (Lipinski definition) is 6. The molecule has 104 valence electrons. The van der Waals surface area contributed by atoms with Gasteiger partial charge in [0.05, 0.1) is 16.6 Å². The average molecular weight is 300 g/mol. The van der Waals surface area contributed by atoms with Gasteiger partial charge in [-0.05, 0) is 36.4 Å². The Kier molecular flexibility index (Phi) is 4.43. The normalized spacial score (nSPS) is 9.48. The van der Waals surface area contributed by atoms with Crippen LogP contribution in [-0.2, 0) is 0 Å². The van der Waals surface area contributed by atoms with Crippen LogP contribution >= 0.6 is 12.2 Å². The topological polar surface area (TPSA) is 85.4 Å². The van der Waals surface area contributed by atoms with Crippen molar-refractivity contribution >= 4 is 23.1 Å². The first-order valence-electron chi connectivity index (χ1n) is 5.73. The number of ether oxygens (including phenoxy) is 2. The van der Waals surface area contributed by atoms with E-state index in [1.54, 1.807) is 24.3 Å². The molecule has 0 heterocycles. The van der Waals surface area contributed by atoms with Crippen LogP contribution in [0.2, 0.25) is 0 Å². The van der Waals surface area contributed by atoms with Crippen molar-refractivity contribution in [3.8, 4) is 17.6 Å². The molecule has 21 heavy (non-hydrogen) atoms. The molecule has 2 rings (SSSR count). The number of nitrogens with zero attached hydrogens (tertiary/aromatic N) is 2. The van der Waals surface area contributed by atoms with Crippen LogP contribution in [0.5, 0.6) is 11.5 Å². The van der Waals surface area contributed by atoms with Crippen LogP contribution in [0.25, 0.3) is 0 Å².